The van der Waals surface area contributed by atoms with Crippen molar-refractivity contribution >= 4 is 12.4 Å². The molecule has 0 spiro atoms. The van der Waals surface area contributed by atoms with E-state index in [9.17, 15) is 10.2 Å². The third-order valence-corrected chi connectivity index (χ3v) is 7.02. The number of nitrogens with zero attached hydrogens (tertiary/aromatic N) is 1. The summed E-state index contributed by atoms with van der Waals surface area (Å²) in [6.07, 6.45) is 7.90. The molecule has 1 aromatic carbocycles. The fraction of sp³-hybridized carbons (Fsp3) is 0.739. The van der Waals surface area contributed by atoms with Crippen LogP contribution >= 0.6 is 12.4 Å². The Morgan fingerprint density at radius 2 is 1.64 bits per heavy atom. The van der Waals surface area contributed by atoms with Gasteiger partial charge in [0.1, 0.15) is 0 Å². The molecular formula is C23H36ClNO3. The van der Waals surface area contributed by atoms with Crippen molar-refractivity contribution in [3.63, 3.8) is 0 Å². The van der Waals surface area contributed by atoms with Gasteiger partial charge in [0.05, 0.1) is 25.9 Å². The van der Waals surface area contributed by atoms with Crippen LogP contribution in [0.25, 0.3) is 0 Å². The van der Waals surface area contributed by atoms with Crippen molar-refractivity contribution < 1.29 is 14.9 Å². The molecule has 0 heterocycles. The summed E-state index contributed by atoms with van der Waals surface area (Å²) in [5.41, 5.74) is 1.61. The summed E-state index contributed by atoms with van der Waals surface area (Å²) in [7, 11) is 0. The SMILES string of the molecule is Cl.OCCN(Cc1ccccc1)CC(O)COCC12CC3CC(CC(C3)C1)C2. The molecular weight excluding hydrogens is 374 g/mol. The van der Waals surface area contributed by atoms with Gasteiger partial charge >= 0.3 is 0 Å². The number of aliphatic hydroxyl groups is 2. The first-order valence-corrected chi connectivity index (χ1v) is 10.8. The fourth-order valence-corrected chi connectivity index (χ4v) is 6.45. The van der Waals surface area contributed by atoms with E-state index in [1.165, 1.54) is 44.1 Å². The maximum absolute atomic E-state index is 10.5. The molecule has 4 aliphatic rings. The molecule has 0 aliphatic heterocycles. The van der Waals surface area contributed by atoms with E-state index in [4.69, 9.17) is 4.74 Å². The van der Waals surface area contributed by atoms with Crippen molar-refractivity contribution in [2.45, 2.75) is 51.2 Å². The summed E-state index contributed by atoms with van der Waals surface area (Å²) < 4.78 is 6.07. The molecule has 0 amide bonds. The largest absolute Gasteiger partial charge is 0.395 e. The monoisotopic (exact) mass is 409 g/mol. The van der Waals surface area contributed by atoms with Crippen LogP contribution in [0.1, 0.15) is 44.1 Å². The van der Waals surface area contributed by atoms with Gasteiger partial charge in [0.15, 0.2) is 0 Å². The van der Waals surface area contributed by atoms with Gasteiger partial charge in [-0.3, -0.25) is 4.90 Å². The number of hydrogen-bond donors (Lipinski definition) is 2. The number of ether oxygens (including phenoxy) is 1. The molecule has 5 heteroatoms. The van der Waals surface area contributed by atoms with Gasteiger partial charge in [0.25, 0.3) is 0 Å². The third-order valence-electron chi connectivity index (χ3n) is 7.02. The first-order chi connectivity index (χ1) is 13.1. The zero-order valence-electron chi connectivity index (χ0n) is 16.8. The second-order valence-corrected chi connectivity index (χ2v) is 9.53. The average Bonchev–Trinajstić information content (AvgIpc) is 2.61. The molecule has 4 saturated carbocycles. The molecule has 4 nitrogen and oxygen atoms in total. The highest BCUT2D eigenvalue weighted by Gasteiger charge is 2.50. The Morgan fingerprint density at radius 3 is 2.21 bits per heavy atom. The summed E-state index contributed by atoms with van der Waals surface area (Å²) in [6, 6.07) is 10.2. The lowest BCUT2D eigenvalue weighted by molar-refractivity contribution is -0.107. The van der Waals surface area contributed by atoms with Crippen LogP contribution in [0.4, 0.5) is 0 Å². The number of halogens is 1. The summed E-state index contributed by atoms with van der Waals surface area (Å²) >= 11 is 0. The number of hydrogen-bond acceptors (Lipinski definition) is 4. The highest BCUT2D eigenvalue weighted by atomic mass is 35.5. The van der Waals surface area contributed by atoms with Crippen LogP contribution in [0.3, 0.4) is 0 Å². The molecule has 0 saturated heterocycles. The topological polar surface area (TPSA) is 52.9 Å². The van der Waals surface area contributed by atoms with E-state index in [0.717, 1.165) is 30.9 Å². The van der Waals surface area contributed by atoms with Crippen LogP contribution in [-0.2, 0) is 11.3 Å². The molecule has 1 atom stereocenters. The van der Waals surface area contributed by atoms with Crippen molar-refractivity contribution in [2.75, 3.05) is 32.9 Å². The van der Waals surface area contributed by atoms with Crippen molar-refractivity contribution in [1.82, 2.24) is 4.90 Å². The van der Waals surface area contributed by atoms with Crippen molar-refractivity contribution in [1.29, 1.82) is 0 Å². The minimum Gasteiger partial charge on any atom is -0.395 e. The second-order valence-electron chi connectivity index (χ2n) is 9.53. The van der Waals surface area contributed by atoms with E-state index in [-0.39, 0.29) is 19.0 Å². The van der Waals surface area contributed by atoms with Gasteiger partial charge in [-0.15, -0.1) is 12.4 Å². The lowest BCUT2D eigenvalue weighted by Gasteiger charge is -2.56. The van der Waals surface area contributed by atoms with E-state index >= 15 is 0 Å². The molecule has 4 bridgehead atoms. The summed E-state index contributed by atoms with van der Waals surface area (Å²) in [5.74, 6) is 2.82. The van der Waals surface area contributed by atoms with Gasteiger partial charge < -0.3 is 14.9 Å². The van der Waals surface area contributed by atoms with Crippen LogP contribution < -0.4 is 0 Å². The van der Waals surface area contributed by atoms with Crippen LogP contribution in [0.15, 0.2) is 30.3 Å². The number of rotatable bonds is 10. The third kappa shape index (κ3) is 5.48. The normalized spacial score (nSPS) is 31.8. The fourth-order valence-electron chi connectivity index (χ4n) is 6.45. The summed E-state index contributed by atoms with van der Waals surface area (Å²) in [5, 5.41) is 19.8. The molecule has 0 radical (unpaired) electrons. The van der Waals surface area contributed by atoms with Gasteiger partial charge in [-0.1, -0.05) is 30.3 Å². The van der Waals surface area contributed by atoms with Gasteiger partial charge in [0, 0.05) is 19.6 Å². The first kappa shape index (κ1) is 22.0. The van der Waals surface area contributed by atoms with Crippen LogP contribution in [0.5, 0.6) is 0 Å². The lowest BCUT2D eigenvalue weighted by atomic mass is 9.50. The Hall–Kier alpha value is -0.650. The van der Waals surface area contributed by atoms with Gasteiger partial charge in [-0.2, -0.15) is 0 Å². The highest BCUT2D eigenvalue weighted by Crippen LogP contribution is 2.60. The summed E-state index contributed by atoms with van der Waals surface area (Å²) in [4.78, 5) is 2.11. The Labute approximate surface area is 175 Å². The highest BCUT2D eigenvalue weighted by molar-refractivity contribution is 5.85. The quantitative estimate of drug-likeness (QED) is 0.621. The zero-order chi connectivity index (χ0) is 18.7. The zero-order valence-corrected chi connectivity index (χ0v) is 17.7. The van der Waals surface area contributed by atoms with Crippen LogP contribution in [0.2, 0.25) is 0 Å². The second kappa shape index (κ2) is 9.90. The van der Waals surface area contributed by atoms with E-state index in [1.54, 1.807) is 0 Å². The molecule has 5 rings (SSSR count). The number of benzene rings is 1. The van der Waals surface area contributed by atoms with E-state index in [0.29, 0.717) is 25.1 Å². The minimum atomic E-state index is -0.505. The Morgan fingerprint density at radius 1 is 1.04 bits per heavy atom. The maximum atomic E-state index is 10.5. The number of aliphatic hydroxyl groups excluding tert-OH is 2. The minimum absolute atomic E-state index is 0. The first-order valence-electron chi connectivity index (χ1n) is 10.8. The average molecular weight is 410 g/mol. The Balaban J connectivity index is 0.00000225. The molecule has 158 valence electrons. The molecule has 1 unspecified atom stereocenters. The van der Waals surface area contributed by atoms with Crippen molar-refractivity contribution in [2.24, 2.45) is 23.2 Å². The van der Waals surface area contributed by atoms with Crippen LogP contribution in [-0.4, -0.2) is 54.1 Å². The van der Waals surface area contributed by atoms with E-state index < -0.39 is 6.10 Å². The standard InChI is InChI=1S/C23H35NO3.ClH/c25-7-6-24(14-18-4-2-1-3-5-18)15-22(26)16-27-17-23-11-19-8-20(12-23)10-21(9-19)13-23;/h1-5,19-22,25-26H,6-17H2;1H. The summed E-state index contributed by atoms with van der Waals surface area (Å²) in [6.45, 7) is 3.18. The maximum Gasteiger partial charge on any atom is 0.0900 e. The lowest BCUT2D eigenvalue weighted by Crippen LogP contribution is -2.48. The van der Waals surface area contributed by atoms with Gasteiger partial charge in [-0.25, -0.2) is 0 Å². The molecule has 28 heavy (non-hydrogen) atoms. The molecule has 4 aliphatic carbocycles. The molecule has 4 fully saturated rings. The Bertz CT molecular complexity index is 561. The Kier molecular flexibility index (Phi) is 7.80. The van der Waals surface area contributed by atoms with Gasteiger partial charge in [-0.05, 0) is 67.3 Å². The molecule has 2 N–H and O–H groups in total. The van der Waals surface area contributed by atoms with Gasteiger partial charge in [0.2, 0.25) is 0 Å². The molecule has 1 aromatic rings. The van der Waals surface area contributed by atoms with E-state index in [1.807, 2.05) is 18.2 Å². The predicted molar refractivity (Wildman–Crippen MR) is 113 cm³/mol. The predicted octanol–water partition coefficient (Wildman–Crippen LogP) is 3.50. The van der Waals surface area contributed by atoms with Crippen molar-refractivity contribution in [3.8, 4) is 0 Å². The molecule has 0 aromatic heterocycles. The van der Waals surface area contributed by atoms with Crippen LogP contribution in [0, 0.1) is 23.2 Å². The van der Waals surface area contributed by atoms with Crippen molar-refractivity contribution in [3.05, 3.63) is 35.9 Å². The smallest absolute Gasteiger partial charge is 0.0900 e. The van der Waals surface area contributed by atoms with E-state index in [2.05, 4.69) is 17.0 Å².